The Morgan fingerprint density at radius 2 is 1.95 bits per heavy atom. The molecule has 0 saturated heterocycles. The van der Waals surface area contributed by atoms with Gasteiger partial charge in [0.2, 0.25) is 5.91 Å². The molecule has 1 amide bonds. The molecule has 2 N–H and O–H groups in total. The summed E-state index contributed by atoms with van der Waals surface area (Å²) in [5.74, 6) is -0.187. The van der Waals surface area contributed by atoms with E-state index in [1.807, 2.05) is 20.8 Å². The number of benzene rings is 1. The maximum Gasteiger partial charge on any atom is 0.274 e. The number of nitro groups is 1. The van der Waals surface area contributed by atoms with Crippen LogP contribution < -0.4 is 10.6 Å². The predicted octanol–water partition coefficient (Wildman–Crippen LogP) is 1.60. The zero-order valence-corrected chi connectivity index (χ0v) is 11.4. The topological polar surface area (TPSA) is 84.3 Å². The molecule has 0 unspecified atom stereocenters. The van der Waals surface area contributed by atoms with Gasteiger partial charge in [0.25, 0.3) is 5.69 Å². The molecule has 6 heteroatoms. The molecule has 0 atom stereocenters. The maximum absolute atomic E-state index is 11.6. The van der Waals surface area contributed by atoms with Crippen LogP contribution in [0.2, 0.25) is 0 Å². The lowest BCUT2D eigenvalue weighted by atomic mass is 10.1. The van der Waals surface area contributed by atoms with Crippen LogP contribution in [0.25, 0.3) is 0 Å². The first-order chi connectivity index (χ1) is 8.79. The lowest BCUT2D eigenvalue weighted by Crippen LogP contribution is -2.43. The second-order valence-corrected chi connectivity index (χ2v) is 5.27. The molecule has 0 radical (unpaired) electrons. The number of hydrogen-bond acceptors (Lipinski definition) is 4. The molecule has 0 fully saturated rings. The third kappa shape index (κ3) is 5.48. The molecular weight excluding hydrogens is 246 g/mol. The van der Waals surface area contributed by atoms with Gasteiger partial charge < -0.3 is 10.6 Å². The van der Waals surface area contributed by atoms with Gasteiger partial charge in [-0.15, -0.1) is 0 Å². The van der Waals surface area contributed by atoms with Crippen LogP contribution in [0.3, 0.4) is 0 Å². The van der Waals surface area contributed by atoms with Crippen molar-refractivity contribution < 1.29 is 9.72 Å². The summed E-state index contributed by atoms with van der Waals surface area (Å²) in [5, 5.41) is 16.5. The molecule has 0 heterocycles. The molecule has 6 nitrogen and oxygen atoms in total. The van der Waals surface area contributed by atoms with Crippen LogP contribution in [0.1, 0.15) is 26.3 Å². The number of nitro benzene ring substituents is 1. The van der Waals surface area contributed by atoms with Gasteiger partial charge in [-0.2, -0.15) is 0 Å². The first-order valence-electron chi connectivity index (χ1n) is 6.03. The van der Waals surface area contributed by atoms with Crippen molar-refractivity contribution in [3.05, 3.63) is 39.9 Å². The van der Waals surface area contributed by atoms with Gasteiger partial charge in [0.05, 0.1) is 11.5 Å². The SMILES string of the molecule is CC(C)(C)NCC(=O)NCc1ccccc1[N+](=O)[O-]. The fourth-order valence-electron chi connectivity index (χ4n) is 1.44. The van der Waals surface area contributed by atoms with Crippen LogP contribution in [0, 0.1) is 10.1 Å². The maximum atomic E-state index is 11.6. The lowest BCUT2D eigenvalue weighted by Gasteiger charge is -2.19. The highest BCUT2D eigenvalue weighted by atomic mass is 16.6. The summed E-state index contributed by atoms with van der Waals surface area (Å²) in [7, 11) is 0. The van der Waals surface area contributed by atoms with Crippen molar-refractivity contribution in [2.75, 3.05) is 6.54 Å². The van der Waals surface area contributed by atoms with Crippen LogP contribution in [-0.4, -0.2) is 22.9 Å². The fourth-order valence-corrected chi connectivity index (χ4v) is 1.44. The Labute approximate surface area is 112 Å². The summed E-state index contributed by atoms with van der Waals surface area (Å²) < 4.78 is 0. The van der Waals surface area contributed by atoms with Gasteiger partial charge in [-0.05, 0) is 20.8 Å². The van der Waals surface area contributed by atoms with E-state index in [0.717, 1.165) is 0 Å². The second kappa shape index (κ2) is 6.29. The van der Waals surface area contributed by atoms with E-state index >= 15 is 0 Å². The molecule has 1 aromatic rings. The van der Waals surface area contributed by atoms with Crippen molar-refractivity contribution in [2.45, 2.75) is 32.9 Å². The van der Waals surface area contributed by atoms with Crippen molar-refractivity contribution >= 4 is 11.6 Å². The minimum atomic E-state index is -0.450. The minimum Gasteiger partial charge on any atom is -0.351 e. The normalized spacial score (nSPS) is 11.1. The van der Waals surface area contributed by atoms with E-state index in [4.69, 9.17) is 0 Å². The Kier molecular flexibility index (Phi) is 5.00. The average Bonchev–Trinajstić information content (AvgIpc) is 2.33. The smallest absolute Gasteiger partial charge is 0.274 e. The number of rotatable bonds is 5. The first kappa shape index (κ1) is 15.1. The van der Waals surface area contributed by atoms with Gasteiger partial charge >= 0.3 is 0 Å². The minimum absolute atomic E-state index is 0.0200. The van der Waals surface area contributed by atoms with Gasteiger partial charge in [0.1, 0.15) is 0 Å². The third-order valence-electron chi connectivity index (χ3n) is 2.44. The Hall–Kier alpha value is -1.95. The number of carbonyl (C=O) groups is 1. The molecule has 19 heavy (non-hydrogen) atoms. The molecule has 104 valence electrons. The largest absolute Gasteiger partial charge is 0.351 e. The Balaban J connectivity index is 2.53. The zero-order chi connectivity index (χ0) is 14.5. The monoisotopic (exact) mass is 265 g/mol. The van der Waals surface area contributed by atoms with E-state index in [9.17, 15) is 14.9 Å². The molecule has 0 aliphatic carbocycles. The number of nitrogens with one attached hydrogen (secondary N) is 2. The number of hydrogen-bond donors (Lipinski definition) is 2. The molecule has 1 aromatic carbocycles. The number of amides is 1. The van der Waals surface area contributed by atoms with E-state index in [2.05, 4.69) is 10.6 Å². The van der Waals surface area contributed by atoms with Crippen LogP contribution in [-0.2, 0) is 11.3 Å². The Bertz CT molecular complexity index is 466. The summed E-state index contributed by atoms with van der Waals surface area (Å²) >= 11 is 0. The van der Waals surface area contributed by atoms with Crippen LogP contribution >= 0.6 is 0 Å². The van der Waals surface area contributed by atoms with E-state index in [1.54, 1.807) is 18.2 Å². The Morgan fingerprint density at radius 3 is 2.53 bits per heavy atom. The van der Waals surface area contributed by atoms with Crippen molar-refractivity contribution in [1.82, 2.24) is 10.6 Å². The molecule has 0 bridgehead atoms. The van der Waals surface area contributed by atoms with Crippen LogP contribution in [0.15, 0.2) is 24.3 Å². The second-order valence-electron chi connectivity index (χ2n) is 5.27. The van der Waals surface area contributed by atoms with Crippen molar-refractivity contribution in [2.24, 2.45) is 0 Å². The summed E-state index contributed by atoms with van der Waals surface area (Å²) in [5.41, 5.74) is 0.374. The molecule has 0 aliphatic rings. The highest BCUT2D eigenvalue weighted by molar-refractivity contribution is 5.78. The summed E-state index contributed by atoms with van der Waals surface area (Å²) in [4.78, 5) is 22.0. The molecule has 0 spiro atoms. The highest BCUT2D eigenvalue weighted by Crippen LogP contribution is 2.16. The van der Waals surface area contributed by atoms with E-state index in [0.29, 0.717) is 5.56 Å². The van der Waals surface area contributed by atoms with Gasteiger partial charge in [-0.3, -0.25) is 14.9 Å². The quantitative estimate of drug-likeness (QED) is 0.625. The number of carbonyl (C=O) groups excluding carboxylic acids is 1. The van der Waals surface area contributed by atoms with E-state index < -0.39 is 4.92 Å². The summed E-state index contributed by atoms with van der Waals surface area (Å²) in [6.07, 6.45) is 0. The number of nitrogens with zero attached hydrogens (tertiary/aromatic N) is 1. The molecule has 0 saturated carbocycles. The summed E-state index contributed by atoms with van der Waals surface area (Å²) in [6, 6.07) is 6.37. The zero-order valence-electron chi connectivity index (χ0n) is 11.4. The molecular formula is C13H19N3O3. The molecule has 1 rings (SSSR count). The van der Waals surface area contributed by atoms with Crippen LogP contribution in [0.4, 0.5) is 5.69 Å². The van der Waals surface area contributed by atoms with Crippen molar-refractivity contribution in [3.8, 4) is 0 Å². The molecule has 0 aromatic heterocycles. The number of para-hydroxylation sites is 1. The van der Waals surface area contributed by atoms with Crippen molar-refractivity contribution in [3.63, 3.8) is 0 Å². The van der Waals surface area contributed by atoms with Crippen molar-refractivity contribution in [1.29, 1.82) is 0 Å². The standard InChI is InChI=1S/C13H19N3O3/c1-13(2,3)15-9-12(17)14-8-10-6-4-5-7-11(10)16(18)19/h4-7,15H,8-9H2,1-3H3,(H,14,17). The van der Waals surface area contributed by atoms with Gasteiger partial charge in [0.15, 0.2) is 0 Å². The first-order valence-corrected chi connectivity index (χ1v) is 6.03. The third-order valence-corrected chi connectivity index (χ3v) is 2.44. The average molecular weight is 265 g/mol. The fraction of sp³-hybridized carbons (Fsp3) is 0.462. The van der Waals surface area contributed by atoms with E-state index in [1.165, 1.54) is 6.07 Å². The Morgan fingerprint density at radius 1 is 1.32 bits per heavy atom. The molecule has 0 aliphatic heterocycles. The lowest BCUT2D eigenvalue weighted by molar-refractivity contribution is -0.385. The predicted molar refractivity (Wildman–Crippen MR) is 72.7 cm³/mol. The van der Waals surface area contributed by atoms with Gasteiger partial charge in [-0.25, -0.2) is 0 Å². The highest BCUT2D eigenvalue weighted by Gasteiger charge is 2.14. The van der Waals surface area contributed by atoms with Gasteiger partial charge in [-0.1, -0.05) is 18.2 Å². The van der Waals surface area contributed by atoms with E-state index in [-0.39, 0.29) is 30.2 Å². The summed E-state index contributed by atoms with van der Waals surface area (Å²) in [6.45, 7) is 6.22. The van der Waals surface area contributed by atoms with Crippen LogP contribution in [0.5, 0.6) is 0 Å². The van der Waals surface area contributed by atoms with Gasteiger partial charge in [0, 0.05) is 23.7 Å².